The first kappa shape index (κ1) is 19.6. The number of rotatable bonds is 4. The number of fused-ring (bicyclic) bond motifs is 5. The third kappa shape index (κ3) is 2.90. The quantitative estimate of drug-likeness (QED) is 0.269. The van der Waals surface area contributed by atoms with Crippen LogP contribution in [0.25, 0.3) is 53.7 Å². The fourth-order valence-electron chi connectivity index (χ4n) is 4.05. The Morgan fingerprint density at radius 2 is 1.00 bits per heavy atom. The fraction of sp³-hybridized carbons (Fsp3) is 0.250. The molecule has 6 rings (SSSR count). The average Bonchev–Trinajstić information content (AvgIpc) is 3.58. The highest BCUT2D eigenvalue weighted by atomic mass is 32.1. The van der Waals surface area contributed by atoms with Crippen molar-refractivity contribution < 1.29 is 9.26 Å². The van der Waals surface area contributed by atoms with Gasteiger partial charge < -0.3 is 0 Å². The summed E-state index contributed by atoms with van der Waals surface area (Å²) in [6.07, 6.45) is 0. The van der Waals surface area contributed by atoms with E-state index in [2.05, 4.69) is 84.7 Å². The number of aromatic nitrogens is 4. The van der Waals surface area contributed by atoms with Gasteiger partial charge in [0.15, 0.2) is 0 Å². The van der Waals surface area contributed by atoms with Crippen molar-refractivity contribution in [3.8, 4) is 20.9 Å². The molecule has 0 fully saturated rings. The molecule has 0 saturated carbocycles. The van der Waals surface area contributed by atoms with Gasteiger partial charge in [-0.25, -0.2) is 9.26 Å². The van der Waals surface area contributed by atoms with Crippen LogP contribution in [-0.4, -0.2) is 20.6 Å². The number of thiophene rings is 2. The number of hydrogen-bond acceptors (Lipinski definition) is 8. The van der Waals surface area contributed by atoms with Gasteiger partial charge in [0.05, 0.1) is 0 Å². The van der Waals surface area contributed by atoms with Crippen molar-refractivity contribution in [2.45, 2.75) is 39.5 Å². The van der Waals surface area contributed by atoms with Crippen LogP contribution in [0.15, 0.2) is 45.7 Å². The van der Waals surface area contributed by atoms with Gasteiger partial charge in [0.1, 0.15) is 22.1 Å². The normalized spacial score (nSPS) is 12.3. The molecule has 160 valence electrons. The Labute approximate surface area is 191 Å². The molecule has 6 nitrogen and oxygen atoms in total. The van der Waals surface area contributed by atoms with Gasteiger partial charge >= 0.3 is 0 Å². The third-order valence-corrected chi connectivity index (χ3v) is 8.63. The van der Waals surface area contributed by atoms with Gasteiger partial charge in [-0.3, -0.25) is 0 Å². The van der Waals surface area contributed by atoms with Gasteiger partial charge in [0.2, 0.25) is 0 Å². The lowest BCUT2D eigenvalue weighted by Crippen LogP contribution is -1.86. The van der Waals surface area contributed by atoms with E-state index >= 15 is 0 Å². The lowest BCUT2D eigenvalue weighted by Gasteiger charge is -2.06. The molecular weight excluding hydrogens is 440 g/mol. The van der Waals surface area contributed by atoms with Crippen LogP contribution in [0, 0.1) is 0 Å². The third-order valence-electron chi connectivity index (χ3n) is 5.79. The zero-order valence-electron chi connectivity index (χ0n) is 18.0. The zero-order valence-corrected chi connectivity index (χ0v) is 19.7. The average molecular weight is 461 g/mol. The molecular formula is C24H20N4O2S2. The van der Waals surface area contributed by atoms with E-state index in [1.54, 1.807) is 22.7 Å². The van der Waals surface area contributed by atoms with Crippen molar-refractivity contribution in [2.75, 3.05) is 0 Å². The summed E-state index contributed by atoms with van der Waals surface area (Å²) in [6.45, 7) is 8.80. The summed E-state index contributed by atoms with van der Waals surface area (Å²) in [5.41, 5.74) is 4.94. The highest BCUT2D eigenvalue weighted by Gasteiger charge is 2.22. The van der Waals surface area contributed by atoms with E-state index in [1.165, 1.54) is 9.75 Å². The van der Waals surface area contributed by atoms with Gasteiger partial charge in [0, 0.05) is 41.4 Å². The van der Waals surface area contributed by atoms with Crippen molar-refractivity contribution in [2.24, 2.45) is 0 Å². The van der Waals surface area contributed by atoms with Gasteiger partial charge in [-0.05, 0) is 68.9 Å². The van der Waals surface area contributed by atoms with Crippen LogP contribution in [0.4, 0.5) is 0 Å². The summed E-state index contributed by atoms with van der Waals surface area (Å²) in [6, 6.07) is 12.9. The lowest BCUT2D eigenvalue weighted by molar-refractivity contribution is 0.316. The number of nitrogens with zero attached hydrogens (tertiary/aromatic N) is 4. The molecule has 0 unspecified atom stereocenters. The second-order valence-corrected chi connectivity index (χ2v) is 10.8. The minimum Gasteiger partial charge on any atom is -0.243 e. The molecule has 0 amide bonds. The molecule has 8 heteroatoms. The van der Waals surface area contributed by atoms with Crippen molar-refractivity contribution in [1.29, 1.82) is 0 Å². The Hall–Kier alpha value is -3.10. The molecule has 4 aromatic heterocycles. The van der Waals surface area contributed by atoms with Crippen LogP contribution in [0.3, 0.4) is 0 Å². The summed E-state index contributed by atoms with van der Waals surface area (Å²) < 4.78 is 10.4. The molecule has 4 heterocycles. The van der Waals surface area contributed by atoms with Crippen LogP contribution in [0.2, 0.25) is 0 Å². The highest BCUT2D eigenvalue weighted by molar-refractivity contribution is 7.16. The second-order valence-electron chi connectivity index (χ2n) is 8.58. The summed E-state index contributed by atoms with van der Waals surface area (Å²) in [4.78, 5) is 4.91. The highest BCUT2D eigenvalue weighted by Crippen LogP contribution is 2.43. The summed E-state index contributed by atoms with van der Waals surface area (Å²) in [5, 5.41) is 18.9. The Bertz CT molecular complexity index is 1480. The van der Waals surface area contributed by atoms with Gasteiger partial charge in [0.25, 0.3) is 0 Å². The SMILES string of the molecule is CC(C)c1ccc(-c2cc3c(cc(-c4ccc(C(C)C)s4)c4nonc43)c3nonc23)s1. The van der Waals surface area contributed by atoms with Crippen LogP contribution in [0.1, 0.15) is 49.3 Å². The molecule has 0 bridgehead atoms. The first-order chi connectivity index (χ1) is 15.5. The van der Waals surface area contributed by atoms with Crippen LogP contribution >= 0.6 is 22.7 Å². The summed E-state index contributed by atoms with van der Waals surface area (Å²) in [5.74, 6) is 0.936. The van der Waals surface area contributed by atoms with E-state index in [9.17, 15) is 0 Å². The molecule has 2 aromatic carbocycles. The van der Waals surface area contributed by atoms with Gasteiger partial charge in [-0.2, -0.15) is 0 Å². The largest absolute Gasteiger partial charge is 0.243 e. The molecule has 0 radical (unpaired) electrons. The Morgan fingerprint density at radius 3 is 1.38 bits per heavy atom. The van der Waals surface area contributed by atoms with Crippen molar-refractivity contribution in [3.05, 3.63) is 46.2 Å². The molecule has 32 heavy (non-hydrogen) atoms. The fourth-order valence-corrected chi connectivity index (χ4v) is 6.10. The number of hydrogen-bond donors (Lipinski definition) is 0. The van der Waals surface area contributed by atoms with Crippen molar-refractivity contribution >= 4 is 55.5 Å². The molecule has 0 aliphatic rings. The smallest absolute Gasteiger partial charge is 0.144 e. The maximum absolute atomic E-state index is 5.21. The molecule has 0 spiro atoms. The standard InChI is InChI=1S/C24H20N4O2S2/c1-11(2)17-5-7-19(31-17)15-9-13-14(21-23(15)27-29-25-21)10-16(24-22(13)26-30-28-24)20-8-6-18(32-20)12(3)4/h5-12H,1-4H3. The maximum atomic E-state index is 5.21. The monoisotopic (exact) mass is 460 g/mol. The zero-order chi connectivity index (χ0) is 22.0. The van der Waals surface area contributed by atoms with Gasteiger partial charge in [-0.15, -0.1) is 22.7 Å². The van der Waals surface area contributed by atoms with Gasteiger partial charge in [-0.1, -0.05) is 27.7 Å². The van der Waals surface area contributed by atoms with E-state index in [0.29, 0.717) is 11.8 Å². The van der Waals surface area contributed by atoms with E-state index < -0.39 is 0 Å². The molecule has 0 aliphatic carbocycles. The minimum absolute atomic E-state index is 0.468. The van der Waals surface area contributed by atoms with Crippen LogP contribution in [0.5, 0.6) is 0 Å². The van der Waals surface area contributed by atoms with Crippen LogP contribution in [-0.2, 0) is 0 Å². The molecule has 0 saturated heterocycles. The van der Waals surface area contributed by atoms with Crippen molar-refractivity contribution in [1.82, 2.24) is 20.6 Å². The van der Waals surface area contributed by atoms with E-state index in [1.807, 2.05) is 0 Å². The predicted octanol–water partition coefficient (Wildman–Crippen LogP) is 7.62. The van der Waals surface area contributed by atoms with E-state index in [0.717, 1.165) is 53.7 Å². The van der Waals surface area contributed by atoms with Crippen molar-refractivity contribution in [3.63, 3.8) is 0 Å². The Balaban J connectivity index is 1.66. The summed E-state index contributed by atoms with van der Waals surface area (Å²) in [7, 11) is 0. The second kappa shape index (κ2) is 7.21. The Kier molecular flexibility index (Phi) is 4.41. The minimum atomic E-state index is 0.468. The molecule has 0 N–H and O–H groups in total. The lowest BCUT2D eigenvalue weighted by atomic mass is 9.98. The Morgan fingerprint density at radius 1 is 0.594 bits per heavy atom. The first-order valence-electron chi connectivity index (χ1n) is 10.6. The molecule has 0 aliphatic heterocycles. The number of benzene rings is 2. The van der Waals surface area contributed by atoms with E-state index in [-0.39, 0.29) is 0 Å². The van der Waals surface area contributed by atoms with E-state index in [4.69, 9.17) is 9.26 Å². The first-order valence-corrected chi connectivity index (χ1v) is 12.2. The molecule has 6 aromatic rings. The summed E-state index contributed by atoms with van der Waals surface area (Å²) >= 11 is 3.53. The molecule has 0 atom stereocenters. The predicted molar refractivity (Wildman–Crippen MR) is 129 cm³/mol. The topological polar surface area (TPSA) is 77.8 Å². The maximum Gasteiger partial charge on any atom is 0.144 e. The van der Waals surface area contributed by atoms with Crippen LogP contribution < -0.4 is 0 Å².